The lowest BCUT2D eigenvalue weighted by Crippen LogP contribution is -2.43. The molecule has 4 rings (SSSR count). The van der Waals surface area contributed by atoms with Gasteiger partial charge in [0.25, 0.3) is 0 Å². The fourth-order valence-electron chi connectivity index (χ4n) is 3.84. The molecule has 3 heterocycles. The molecule has 1 aliphatic rings. The lowest BCUT2D eigenvalue weighted by molar-refractivity contribution is 0.0155. The standard InChI is InChI=1S/C23H28BrN5O2/c1-15-8-19-20(9-18(15)24)27-21(11-25-19)17-10-26-29(14-17)13-16-6-5-7-28(12-16)22(30)31-23(2,3)4/h8-11,14,16H,5-7,12-13H2,1-4H3. The Labute approximate surface area is 190 Å². The molecule has 0 aliphatic carbocycles. The van der Waals surface area contributed by atoms with Gasteiger partial charge in [0, 0.05) is 35.9 Å². The van der Waals surface area contributed by atoms with Crippen LogP contribution in [0.3, 0.4) is 0 Å². The number of carbonyl (C=O) groups is 1. The van der Waals surface area contributed by atoms with Gasteiger partial charge in [-0.3, -0.25) is 9.67 Å². The minimum Gasteiger partial charge on any atom is -0.444 e. The number of aryl methyl sites for hydroxylation is 1. The molecule has 0 bridgehead atoms. The molecule has 31 heavy (non-hydrogen) atoms. The molecule has 1 amide bonds. The van der Waals surface area contributed by atoms with Crippen LogP contribution in [0.4, 0.5) is 4.79 Å². The van der Waals surface area contributed by atoms with Crippen LogP contribution in [-0.2, 0) is 11.3 Å². The number of hydrogen-bond acceptors (Lipinski definition) is 5. The fraction of sp³-hybridized carbons (Fsp3) is 0.478. The molecule has 164 valence electrons. The fourth-order valence-corrected chi connectivity index (χ4v) is 4.18. The molecule has 1 aliphatic heterocycles. The van der Waals surface area contributed by atoms with Crippen molar-refractivity contribution in [3.05, 3.63) is 40.8 Å². The molecule has 1 unspecified atom stereocenters. The number of ether oxygens (including phenoxy) is 1. The first-order chi connectivity index (χ1) is 14.7. The second-order valence-corrected chi connectivity index (χ2v) is 10.1. The second kappa shape index (κ2) is 8.57. The predicted molar refractivity (Wildman–Crippen MR) is 124 cm³/mol. The summed E-state index contributed by atoms with van der Waals surface area (Å²) in [5, 5.41) is 4.53. The zero-order chi connectivity index (χ0) is 22.2. The monoisotopic (exact) mass is 485 g/mol. The van der Waals surface area contributed by atoms with Crippen molar-refractivity contribution in [2.24, 2.45) is 5.92 Å². The van der Waals surface area contributed by atoms with E-state index in [0.717, 1.165) is 58.3 Å². The Kier molecular flexibility index (Phi) is 6.01. The molecule has 0 spiro atoms. The van der Waals surface area contributed by atoms with Crippen molar-refractivity contribution in [1.82, 2.24) is 24.6 Å². The Morgan fingerprint density at radius 3 is 2.84 bits per heavy atom. The number of halogens is 1. The van der Waals surface area contributed by atoms with Crippen LogP contribution in [-0.4, -0.2) is 49.4 Å². The SMILES string of the molecule is Cc1cc2ncc(-c3cnn(CC4CCCN(C(=O)OC(C)(C)C)C4)c3)nc2cc1Br. The van der Waals surface area contributed by atoms with E-state index >= 15 is 0 Å². The lowest BCUT2D eigenvalue weighted by Gasteiger charge is -2.34. The molecular weight excluding hydrogens is 458 g/mol. The van der Waals surface area contributed by atoms with Crippen molar-refractivity contribution in [3.8, 4) is 11.3 Å². The summed E-state index contributed by atoms with van der Waals surface area (Å²) in [5.74, 6) is 0.343. The molecule has 1 atom stereocenters. The summed E-state index contributed by atoms with van der Waals surface area (Å²) in [5.41, 5.74) is 4.12. The van der Waals surface area contributed by atoms with Crippen LogP contribution in [0.5, 0.6) is 0 Å². The number of nitrogens with zero attached hydrogens (tertiary/aromatic N) is 5. The van der Waals surface area contributed by atoms with E-state index in [1.54, 1.807) is 6.20 Å². The van der Waals surface area contributed by atoms with E-state index in [1.165, 1.54) is 0 Å². The normalized spacial score (nSPS) is 17.2. The molecule has 0 radical (unpaired) electrons. The van der Waals surface area contributed by atoms with E-state index in [9.17, 15) is 4.79 Å². The maximum Gasteiger partial charge on any atom is 0.410 e. The minimum absolute atomic E-state index is 0.230. The first kappa shape index (κ1) is 21.7. The molecule has 8 heteroatoms. The van der Waals surface area contributed by atoms with Gasteiger partial charge in [0.05, 0.1) is 29.1 Å². The zero-order valence-electron chi connectivity index (χ0n) is 18.4. The molecule has 1 saturated heterocycles. The Balaban J connectivity index is 1.45. The highest BCUT2D eigenvalue weighted by Gasteiger charge is 2.28. The second-order valence-electron chi connectivity index (χ2n) is 9.23. The quantitative estimate of drug-likeness (QED) is 0.508. The molecular formula is C23H28BrN5O2. The van der Waals surface area contributed by atoms with E-state index in [1.807, 2.05) is 61.8 Å². The highest BCUT2D eigenvalue weighted by atomic mass is 79.9. The number of hydrogen-bond donors (Lipinski definition) is 0. The Bertz CT molecular complexity index is 1110. The first-order valence-corrected chi connectivity index (χ1v) is 11.4. The topological polar surface area (TPSA) is 73.1 Å². The van der Waals surface area contributed by atoms with E-state index < -0.39 is 5.60 Å². The number of carbonyl (C=O) groups excluding carboxylic acids is 1. The van der Waals surface area contributed by atoms with Crippen molar-refractivity contribution in [2.45, 2.75) is 52.7 Å². The van der Waals surface area contributed by atoms with Crippen LogP contribution >= 0.6 is 15.9 Å². The van der Waals surface area contributed by atoms with Gasteiger partial charge in [-0.2, -0.15) is 5.10 Å². The molecule has 0 N–H and O–H groups in total. The Morgan fingerprint density at radius 1 is 1.26 bits per heavy atom. The molecule has 1 fully saturated rings. The number of fused-ring (bicyclic) bond motifs is 1. The highest BCUT2D eigenvalue weighted by molar-refractivity contribution is 9.10. The summed E-state index contributed by atoms with van der Waals surface area (Å²) in [6, 6.07) is 4.03. The number of amides is 1. The van der Waals surface area contributed by atoms with Gasteiger partial charge in [0.15, 0.2) is 0 Å². The largest absolute Gasteiger partial charge is 0.444 e. The molecule has 2 aromatic heterocycles. The maximum atomic E-state index is 12.4. The van der Waals surface area contributed by atoms with E-state index in [0.29, 0.717) is 12.5 Å². The zero-order valence-corrected chi connectivity index (χ0v) is 20.0. The van der Waals surface area contributed by atoms with Crippen molar-refractivity contribution >= 4 is 33.1 Å². The average molecular weight is 486 g/mol. The van der Waals surface area contributed by atoms with Crippen molar-refractivity contribution in [3.63, 3.8) is 0 Å². The molecule has 3 aromatic rings. The third-order valence-corrected chi connectivity index (χ3v) is 6.22. The summed E-state index contributed by atoms with van der Waals surface area (Å²) in [7, 11) is 0. The Hall–Kier alpha value is -2.48. The minimum atomic E-state index is -0.476. The van der Waals surface area contributed by atoms with Crippen LogP contribution in [0.15, 0.2) is 35.2 Å². The third-order valence-electron chi connectivity index (χ3n) is 5.37. The molecule has 7 nitrogen and oxygen atoms in total. The number of likely N-dealkylation sites (tertiary alicyclic amines) is 1. The third kappa shape index (κ3) is 5.23. The summed E-state index contributed by atoms with van der Waals surface area (Å²) >= 11 is 3.57. The molecule has 0 saturated carbocycles. The number of benzene rings is 1. The van der Waals surface area contributed by atoms with E-state index in [-0.39, 0.29) is 6.09 Å². The van der Waals surface area contributed by atoms with Gasteiger partial charge in [-0.05, 0) is 64.2 Å². The van der Waals surface area contributed by atoms with E-state index in [2.05, 4.69) is 26.0 Å². The predicted octanol–water partition coefficient (Wildman–Crippen LogP) is 5.21. The van der Waals surface area contributed by atoms with Crippen LogP contribution in [0, 0.1) is 12.8 Å². The van der Waals surface area contributed by atoms with Gasteiger partial charge in [-0.15, -0.1) is 0 Å². The van der Waals surface area contributed by atoms with Gasteiger partial charge < -0.3 is 9.64 Å². The van der Waals surface area contributed by atoms with Crippen LogP contribution < -0.4 is 0 Å². The van der Waals surface area contributed by atoms with Gasteiger partial charge in [-0.1, -0.05) is 15.9 Å². The van der Waals surface area contributed by atoms with E-state index in [4.69, 9.17) is 9.72 Å². The summed E-state index contributed by atoms with van der Waals surface area (Å²) in [4.78, 5) is 23.6. The van der Waals surface area contributed by atoms with Crippen LogP contribution in [0.2, 0.25) is 0 Å². The number of rotatable bonds is 3. The van der Waals surface area contributed by atoms with Crippen molar-refractivity contribution in [1.29, 1.82) is 0 Å². The Morgan fingerprint density at radius 2 is 2.06 bits per heavy atom. The maximum absolute atomic E-state index is 12.4. The first-order valence-electron chi connectivity index (χ1n) is 10.6. The van der Waals surface area contributed by atoms with Gasteiger partial charge in [-0.25, -0.2) is 9.78 Å². The summed E-state index contributed by atoms with van der Waals surface area (Å²) in [6.07, 6.45) is 7.44. The lowest BCUT2D eigenvalue weighted by atomic mass is 9.98. The number of piperidine rings is 1. The summed E-state index contributed by atoms with van der Waals surface area (Å²) < 4.78 is 8.50. The van der Waals surface area contributed by atoms with Crippen LogP contribution in [0.1, 0.15) is 39.2 Å². The van der Waals surface area contributed by atoms with Crippen molar-refractivity contribution < 1.29 is 9.53 Å². The highest BCUT2D eigenvalue weighted by Crippen LogP contribution is 2.25. The van der Waals surface area contributed by atoms with Gasteiger partial charge >= 0.3 is 6.09 Å². The van der Waals surface area contributed by atoms with Gasteiger partial charge in [0.2, 0.25) is 0 Å². The molecule has 1 aromatic carbocycles. The van der Waals surface area contributed by atoms with Crippen molar-refractivity contribution in [2.75, 3.05) is 13.1 Å². The average Bonchev–Trinajstić information content (AvgIpc) is 3.16. The number of aromatic nitrogens is 4. The van der Waals surface area contributed by atoms with Crippen LogP contribution in [0.25, 0.3) is 22.3 Å². The summed E-state index contributed by atoms with van der Waals surface area (Å²) in [6.45, 7) is 9.92. The van der Waals surface area contributed by atoms with Gasteiger partial charge in [0.1, 0.15) is 5.60 Å². The smallest absolute Gasteiger partial charge is 0.410 e.